The number of benzene rings is 2. The number of para-hydroxylation sites is 1. The summed E-state index contributed by atoms with van der Waals surface area (Å²) >= 11 is 0.879. The number of esters is 2. The number of hydrogen-bond donors (Lipinski definition) is 1. The maximum Gasteiger partial charge on any atom is 0.348 e. The summed E-state index contributed by atoms with van der Waals surface area (Å²) in [6, 6.07) is 13.0. The summed E-state index contributed by atoms with van der Waals surface area (Å²) < 4.78 is 10.3. The minimum Gasteiger partial charge on any atom is -0.462 e. The Hall–Kier alpha value is -4.49. The van der Waals surface area contributed by atoms with E-state index in [9.17, 15) is 24.4 Å². The van der Waals surface area contributed by atoms with Crippen LogP contribution in [-0.4, -0.2) is 30.4 Å². The Kier molecular flexibility index (Phi) is 6.36. The molecule has 35 heavy (non-hydrogen) atoms. The SMILES string of the molecule is CCOC(=O)c1sc(N)c(C#N)c1COC(=O)c1ccc2c(c1)C(=O)N(c1ccccc1C)C2=O. The Labute approximate surface area is 204 Å². The summed E-state index contributed by atoms with van der Waals surface area (Å²) in [4.78, 5) is 52.1. The highest BCUT2D eigenvalue weighted by Gasteiger charge is 2.38. The van der Waals surface area contributed by atoms with Crippen molar-refractivity contribution in [2.75, 3.05) is 17.2 Å². The number of carbonyl (C=O) groups is 4. The number of imide groups is 1. The van der Waals surface area contributed by atoms with Gasteiger partial charge in [0.1, 0.15) is 22.6 Å². The van der Waals surface area contributed by atoms with E-state index >= 15 is 0 Å². The van der Waals surface area contributed by atoms with Crippen LogP contribution in [0.25, 0.3) is 0 Å². The second kappa shape index (κ2) is 9.40. The fourth-order valence-corrected chi connectivity index (χ4v) is 4.65. The molecule has 0 saturated carbocycles. The van der Waals surface area contributed by atoms with E-state index in [1.165, 1.54) is 18.2 Å². The molecule has 176 valence electrons. The van der Waals surface area contributed by atoms with E-state index in [1.807, 2.05) is 6.07 Å². The number of thiophene rings is 1. The normalized spacial score (nSPS) is 12.3. The fraction of sp³-hybridized carbons (Fsp3) is 0.160. The molecule has 1 aromatic heterocycles. The van der Waals surface area contributed by atoms with Crippen LogP contribution in [0.1, 0.15) is 64.4 Å². The first-order valence-corrected chi connectivity index (χ1v) is 11.3. The molecule has 3 aromatic rings. The predicted molar refractivity (Wildman–Crippen MR) is 127 cm³/mol. The van der Waals surface area contributed by atoms with Gasteiger partial charge in [-0.05, 0) is 43.7 Å². The molecule has 0 spiro atoms. The van der Waals surface area contributed by atoms with Crippen LogP contribution in [0.15, 0.2) is 42.5 Å². The number of nitriles is 1. The lowest BCUT2D eigenvalue weighted by Gasteiger charge is -2.16. The first-order valence-electron chi connectivity index (χ1n) is 10.5. The van der Waals surface area contributed by atoms with Gasteiger partial charge in [-0.3, -0.25) is 9.59 Å². The van der Waals surface area contributed by atoms with Gasteiger partial charge in [0.2, 0.25) is 0 Å². The maximum atomic E-state index is 13.0. The van der Waals surface area contributed by atoms with Crippen LogP contribution in [0.2, 0.25) is 0 Å². The standard InChI is InChI=1S/C25H19N3O6S/c1-3-33-25(32)20-18(17(11-26)21(27)35-20)12-34-24(31)14-8-9-15-16(10-14)23(30)28(22(15)29)19-7-5-4-6-13(19)2/h4-10H,3,12,27H2,1-2H3. The molecule has 1 aliphatic rings. The van der Waals surface area contributed by atoms with E-state index in [4.69, 9.17) is 15.2 Å². The van der Waals surface area contributed by atoms with Gasteiger partial charge in [-0.1, -0.05) is 18.2 Å². The second-order valence-electron chi connectivity index (χ2n) is 7.55. The summed E-state index contributed by atoms with van der Waals surface area (Å²) in [5.41, 5.74) is 7.54. The number of fused-ring (bicyclic) bond motifs is 1. The van der Waals surface area contributed by atoms with Crippen molar-refractivity contribution in [3.63, 3.8) is 0 Å². The Morgan fingerprint density at radius 1 is 1.06 bits per heavy atom. The number of rotatable bonds is 6. The Morgan fingerprint density at radius 3 is 2.46 bits per heavy atom. The van der Waals surface area contributed by atoms with Gasteiger partial charge in [-0.2, -0.15) is 5.26 Å². The lowest BCUT2D eigenvalue weighted by atomic mass is 10.1. The maximum absolute atomic E-state index is 13.0. The first kappa shape index (κ1) is 23.7. The van der Waals surface area contributed by atoms with Crippen molar-refractivity contribution < 1.29 is 28.7 Å². The second-order valence-corrected chi connectivity index (χ2v) is 8.60. The molecule has 0 unspecified atom stereocenters. The molecule has 2 heterocycles. The molecule has 0 atom stereocenters. The first-order chi connectivity index (χ1) is 16.8. The van der Waals surface area contributed by atoms with Gasteiger partial charge < -0.3 is 15.2 Å². The Bertz CT molecular complexity index is 1440. The van der Waals surface area contributed by atoms with Crippen molar-refractivity contribution in [1.29, 1.82) is 5.26 Å². The number of aryl methyl sites for hydroxylation is 1. The quantitative estimate of drug-likeness (QED) is 0.407. The van der Waals surface area contributed by atoms with Crippen molar-refractivity contribution in [2.45, 2.75) is 20.5 Å². The highest BCUT2D eigenvalue weighted by atomic mass is 32.1. The molecule has 2 aromatic carbocycles. The number of nitrogen functional groups attached to an aromatic ring is 1. The van der Waals surface area contributed by atoms with E-state index in [-0.39, 0.29) is 44.3 Å². The van der Waals surface area contributed by atoms with Gasteiger partial charge in [-0.15, -0.1) is 11.3 Å². The highest BCUT2D eigenvalue weighted by Crippen LogP contribution is 2.33. The summed E-state index contributed by atoms with van der Waals surface area (Å²) in [6.07, 6.45) is 0. The van der Waals surface area contributed by atoms with Crippen molar-refractivity contribution in [1.82, 2.24) is 0 Å². The van der Waals surface area contributed by atoms with E-state index in [1.54, 1.807) is 38.1 Å². The van der Waals surface area contributed by atoms with Crippen LogP contribution in [0.5, 0.6) is 0 Å². The zero-order chi connectivity index (χ0) is 25.3. The van der Waals surface area contributed by atoms with Crippen molar-refractivity contribution in [2.24, 2.45) is 0 Å². The summed E-state index contributed by atoms with van der Waals surface area (Å²) in [5.74, 6) is -2.50. The van der Waals surface area contributed by atoms with Crippen LogP contribution >= 0.6 is 11.3 Å². The minimum absolute atomic E-state index is 0.0365. The molecule has 2 N–H and O–H groups in total. The number of nitrogens with zero attached hydrogens (tertiary/aromatic N) is 2. The third kappa shape index (κ3) is 4.13. The molecule has 9 nitrogen and oxygen atoms in total. The van der Waals surface area contributed by atoms with Crippen LogP contribution in [0.3, 0.4) is 0 Å². The molecule has 10 heteroatoms. The van der Waals surface area contributed by atoms with E-state index in [2.05, 4.69) is 0 Å². The summed E-state index contributed by atoms with van der Waals surface area (Å²) in [7, 11) is 0. The average Bonchev–Trinajstić information content (AvgIpc) is 3.30. The van der Waals surface area contributed by atoms with Crippen LogP contribution < -0.4 is 10.6 Å². The van der Waals surface area contributed by atoms with E-state index in [0.29, 0.717) is 5.69 Å². The van der Waals surface area contributed by atoms with Gasteiger partial charge in [0, 0.05) is 5.56 Å². The molecule has 2 amide bonds. The Morgan fingerprint density at radius 2 is 1.77 bits per heavy atom. The molecule has 0 bridgehead atoms. The molecular weight excluding hydrogens is 470 g/mol. The highest BCUT2D eigenvalue weighted by molar-refractivity contribution is 7.18. The van der Waals surface area contributed by atoms with Crippen molar-refractivity contribution in [3.05, 3.63) is 80.7 Å². The fourth-order valence-electron chi connectivity index (χ4n) is 3.73. The molecule has 0 aliphatic carbocycles. The van der Waals surface area contributed by atoms with E-state index in [0.717, 1.165) is 21.8 Å². The third-order valence-corrected chi connectivity index (χ3v) is 6.47. The smallest absolute Gasteiger partial charge is 0.348 e. The predicted octanol–water partition coefficient (Wildman–Crippen LogP) is 3.84. The lowest BCUT2D eigenvalue weighted by Crippen LogP contribution is -2.29. The van der Waals surface area contributed by atoms with Crippen molar-refractivity contribution in [3.8, 4) is 6.07 Å². The number of ether oxygens (including phenoxy) is 2. The molecule has 0 fully saturated rings. The lowest BCUT2D eigenvalue weighted by molar-refractivity contribution is 0.0452. The van der Waals surface area contributed by atoms with Gasteiger partial charge in [-0.25, -0.2) is 14.5 Å². The van der Waals surface area contributed by atoms with Crippen LogP contribution in [-0.2, 0) is 16.1 Å². The topological polar surface area (TPSA) is 140 Å². The van der Waals surface area contributed by atoms with Crippen LogP contribution in [0, 0.1) is 18.3 Å². The monoisotopic (exact) mass is 489 g/mol. The largest absolute Gasteiger partial charge is 0.462 e. The van der Waals surface area contributed by atoms with Gasteiger partial charge in [0.05, 0.1) is 34.5 Å². The number of nitrogens with two attached hydrogens (primary N) is 1. The zero-order valence-electron chi connectivity index (χ0n) is 18.8. The molecular formula is C25H19N3O6S. The molecule has 0 saturated heterocycles. The number of anilines is 2. The third-order valence-electron chi connectivity index (χ3n) is 5.43. The van der Waals surface area contributed by atoms with Gasteiger partial charge in [0.15, 0.2) is 0 Å². The molecule has 0 radical (unpaired) electrons. The number of amides is 2. The number of hydrogen-bond acceptors (Lipinski definition) is 9. The zero-order valence-corrected chi connectivity index (χ0v) is 19.6. The molecule has 4 rings (SSSR count). The minimum atomic E-state index is -0.800. The molecule has 1 aliphatic heterocycles. The number of carbonyl (C=O) groups excluding carboxylic acids is 4. The van der Waals surface area contributed by atoms with E-state index < -0.39 is 30.4 Å². The average molecular weight is 490 g/mol. The van der Waals surface area contributed by atoms with Crippen LogP contribution in [0.4, 0.5) is 10.7 Å². The van der Waals surface area contributed by atoms with Crippen molar-refractivity contribution >= 4 is 45.8 Å². The van der Waals surface area contributed by atoms with Gasteiger partial charge >= 0.3 is 11.9 Å². The Balaban J connectivity index is 1.58. The summed E-state index contributed by atoms with van der Waals surface area (Å²) in [5, 5.41) is 9.53. The van der Waals surface area contributed by atoms with Gasteiger partial charge in [0.25, 0.3) is 11.8 Å². The summed E-state index contributed by atoms with van der Waals surface area (Å²) in [6.45, 7) is 3.15.